The normalized spacial score (nSPS) is 13.1. The molecule has 1 N–H and O–H groups in total. The highest BCUT2D eigenvalue weighted by atomic mass is 16.5. The lowest BCUT2D eigenvalue weighted by molar-refractivity contribution is -0.129. The number of ether oxygens (including phenoxy) is 1. The van der Waals surface area contributed by atoms with Crippen LogP contribution in [0, 0.1) is 0 Å². The van der Waals surface area contributed by atoms with Crippen molar-refractivity contribution in [3.63, 3.8) is 0 Å². The fourth-order valence-corrected chi connectivity index (χ4v) is 3.21. The molecule has 0 radical (unpaired) electrons. The molecule has 0 saturated carbocycles. The minimum atomic E-state index is -0.891. The molecule has 29 heavy (non-hydrogen) atoms. The Kier molecular flexibility index (Phi) is 6.59. The lowest BCUT2D eigenvalue weighted by Gasteiger charge is -2.18. The SMILES string of the molecule is CC[C@H](CNC(=O)[C@@H](C)OC(=O)c1ccc2c(c1)nnn2CC)c1ccccc1. The molecular formula is C22H26N4O3. The minimum Gasteiger partial charge on any atom is -0.449 e. The van der Waals surface area contributed by atoms with Crippen LogP contribution in [0.2, 0.25) is 0 Å². The number of amides is 1. The summed E-state index contributed by atoms with van der Waals surface area (Å²) in [5.74, 6) is -0.659. The molecule has 1 amide bonds. The van der Waals surface area contributed by atoms with E-state index in [1.54, 1.807) is 29.8 Å². The highest BCUT2D eigenvalue weighted by Crippen LogP contribution is 2.18. The van der Waals surface area contributed by atoms with Gasteiger partial charge in [-0.25, -0.2) is 9.48 Å². The Morgan fingerprint density at radius 3 is 2.59 bits per heavy atom. The number of nitrogens with zero attached hydrogens (tertiary/aromatic N) is 3. The monoisotopic (exact) mass is 394 g/mol. The molecule has 0 saturated heterocycles. The molecule has 0 aliphatic heterocycles. The summed E-state index contributed by atoms with van der Waals surface area (Å²) in [7, 11) is 0. The molecular weight excluding hydrogens is 368 g/mol. The second kappa shape index (κ2) is 9.32. The summed E-state index contributed by atoms with van der Waals surface area (Å²) >= 11 is 0. The van der Waals surface area contributed by atoms with Gasteiger partial charge in [-0.2, -0.15) is 0 Å². The maximum absolute atomic E-state index is 12.4. The Labute approximate surface area is 170 Å². The van der Waals surface area contributed by atoms with Gasteiger partial charge in [-0.05, 0) is 44.0 Å². The lowest BCUT2D eigenvalue weighted by Crippen LogP contribution is -2.38. The Hall–Kier alpha value is -3.22. The Bertz CT molecular complexity index is 984. The first kappa shape index (κ1) is 20.5. The maximum Gasteiger partial charge on any atom is 0.338 e. The van der Waals surface area contributed by atoms with Crippen LogP contribution in [0.4, 0.5) is 0 Å². The molecule has 7 nitrogen and oxygen atoms in total. The van der Waals surface area contributed by atoms with E-state index < -0.39 is 12.1 Å². The molecule has 0 unspecified atom stereocenters. The van der Waals surface area contributed by atoms with Crippen LogP contribution in [0.25, 0.3) is 11.0 Å². The average molecular weight is 394 g/mol. The number of aromatic nitrogens is 3. The van der Waals surface area contributed by atoms with Crippen molar-refractivity contribution in [2.75, 3.05) is 6.54 Å². The van der Waals surface area contributed by atoms with Gasteiger partial charge in [-0.1, -0.05) is 42.5 Å². The second-order valence-electron chi connectivity index (χ2n) is 6.92. The second-order valence-corrected chi connectivity index (χ2v) is 6.92. The van der Waals surface area contributed by atoms with Gasteiger partial charge in [-0.3, -0.25) is 4.79 Å². The largest absolute Gasteiger partial charge is 0.449 e. The van der Waals surface area contributed by atoms with Gasteiger partial charge < -0.3 is 10.1 Å². The van der Waals surface area contributed by atoms with Gasteiger partial charge in [-0.15, -0.1) is 5.10 Å². The zero-order valence-corrected chi connectivity index (χ0v) is 17.0. The van der Waals surface area contributed by atoms with Crippen molar-refractivity contribution in [1.29, 1.82) is 0 Å². The zero-order valence-electron chi connectivity index (χ0n) is 17.0. The van der Waals surface area contributed by atoms with E-state index in [2.05, 4.69) is 34.7 Å². The van der Waals surface area contributed by atoms with E-state index in [-0.39, 0.29) is 11.8 Å². The van der Waals surface area contributed by atoms with E-state index >= 15 is 0 Å². The summed E-state index contributed by atoms with van der Waals surface area (Å²) in [5, 5.41) is 11.0. The third-order valence-corrected chi connectivity index (χ3v) is 4.99. The van der Waals surface area contributed by atoms with E-state index in [1.807, 2.05) is 25.1 Å². The summed E-state index contributed by atoms with van der Waals surface area (Å²) in [6.07, 6.45) is 0.00880. The van der Waals surface area contributed by atoms with Gasteiger partial charge >= 0.3 is 5.97 Å². The molecule has 3 rings (SSSR count). The van der Waals surface area contributed by atoms with Crippen LogP contribution >= 0.6 is 0 Å². The first-order valence-corrected chi connectivity index (χ1v) is 9.90. The van der Waals surface area contributed by atoms with E-state index in [1.165, 1.54) is 5.56 Å². The summed E-state index contributed by atoms with van der Waals surface area (Å²) in [6.45, 7) is 6.81. The van der Waals surface area contributed by atoms with E-state index in [9.17, 15) is 9.59 Å². The summed E-state index contributed by atoms with van der Waals surface area (Å²) in [5.41, 5.74) is 2.98. The number of hydrogen-bond acceptors (Lipinski definition) is 5. The quantitative estimate of drug-likeness (QED) is 0.593. The smallest absolute Gasteiger partial charge is 0.338 e. The summed E-state index contributed by atoms with van der Waals surface area (Å²) in [4.78, 5) is 24.8. The van der Waals surface area contributed by atoms with Gasteiger partial charge in [0.25, 0.3) is 5.91 Å². The molecule has 1 aromatic heterocycles. The Morgan fingerprint density at radius 2 is 1.90 bits per heavy atom. The number of fused-ring (bicyclic) bond motifs is 1. The average Bonchev–Trinajstić information content (AvgIpc) is 3.17. The van der Waals surface area contributed by atoms with Gasteiger partial charge in [0.15, 0.2) is 6.10 Å². The molecule has 0 aliphatic carbocycles. The number of benzene rings is 2. The molecule has 7 heteroatoms. The van der Waals surface area contributed by atoms with E-state index in [0.29, 0.717) is 24.2 Å². The molecule has 2 atom stereocenters. The summed E-state index contributed by atoms with van der Waals surface area (Å²) < 4.78 is 7.09. The number of rotatable bonds is 8. The molecule has 152 valence electrons. The van der Waals surface area contributed by atoms with Gasteiger partial charge in [0.1, 0.15) is 5.52 Å². The molecule has 0 aliphatic rings. The first-order valence-electron chi connectivity index (χ1n) is 9.90. The summed E-state index contributed by atoms with van der Waals surface area (Å²) in [6, 6.07) is 15.1. The van der Waals surface area contributed by atoms with E-state index in [4.69, 9.17) is 4.74 Å². The number of aryl methyl sites for hydroxylation is 1. The minimum absolute atomic E-state index is 0.214. The highest BCUT2D eigenvalue weighted by Gasteiger charge is 2.21. The van der Waals surface area contributed by atoms with Crippen LogP contribution in [-0.4, -0.2) is 39.5 Å². The van der Waals surface area contributed by atoms with Crippen molar-refractivity contribution in [3.05, 3.63) is 59.7 Å². The van der Waals surface area contributed by atoms with Crippen molar-refractivity contribution in [2.24, 2.45) is 0 Å². The Morgan fingerprint density at radius 1 is 1.14 bits per heavy atom. The van der Waals surface area contributed by atoms with Gasteiger partial charge in [0, 0.05) is 19.0 Å². The predicted molar refractivity (Wildman–Crippen MR) is 111 cm³/mol. The van der Waals surface area contributed by atoms with Crippen molar-refractivity contribution in [3.8, 4) is 0 Å². The van der Waals surface area contributed by atoms with Crippen molar-refractivity contribution >= 4 is 22.9 Å². The topological polar surface area (TPSA) is 86.1 Å². The van der Waals surface area contributed by atoms with Crippen LogP contribution in [0.15, 0.2) is 48.5 Å². The predicted octanol–water partition coefficient (Wildman–Crippen LogP) is 3.31. The van der Waals surface area contributed by atoms with Crippen LogP contribution < -0.4 is 5.32 Å². The van der Waals surface area contributed by atoms with Gasteiger partial charge in [0.05, 0.1) is 11.1 Å². The fraction of sp³-hybridized carbons (Fsp3) is 0.364. The van der Waals surface area contributed by atoms with Crippen molar-refractivity contribution < 1.29 is 14.3 Å². The molecule has 0 spiro atoms. The third kappa shape index (κ3) is 4.80. The first-order chi connectivity index (χ1) is 14.0. The van der Waals surface area contributed by atoms with Crippen LogP contribution in [-0.2, 0) is 16.1 Å². The maximum atomic E-state index is 12.4. The van der Waals surface area contributed by atoms with Gasteiger partial charge in [0.2, 0.25) is 0 Å². The molecule has 0 bridgehead atoms. The number of esters is 1. The number of carbonyl (C=O) groups excluding carboxylic acids is 2. The molecule has 3 aromatic rings. The Balaban J connectivity index is 1.58. The standard InChI is InChI=1S/C22H26N4O3/c1-4-16(17-9-7-6-8-10-17)14-23-21(27)15(3)29-22(28)18-11-12-20-19(13-18)24-25-26(20)5-2/h6-13,15-16H,4-5,14H2,1-3H3,(H,23,27)/t15-,16-/m1/s1. The highest BCUT2D eigenvalue weighted by molar-refractivity contribution is 5.95. The van der Waals surface area contributed by atoms with E-state index in [0.717, 1.165) is 11.9 Å². The number of nitrogens with one attached hydrogen (secondary N) is 1. The number of carbonyl (C=O) groups is 2. The molecule has 2 aromatic carbocycles. The third-order valence-electron chi connectivity index (χ3n) is 4.99. The van der Waals surface area contributed by atoms with Crippen LogP contribution in [0.3, 0.4) is 0 Å². The van der Waals surface area contributed by atoms with Crippen LogP contribution in [0.5, 0.6) is 0 Å². The molecule has 0 fully saturated rings. The zero-order chi connectivity index (χ0) is 20.8. The lowest BCUT2D eigenvalue weighted by atomic mass is 9.96. The number of hydrogen-bond donors (Lipinski definition) is 1. The van der Waals surface area contributed by atoms with Crippen LogP contribution in [0.1, 0.15) is 49.0 Å². The fourth-order valence-electron chi connectivity index (χ4n) is 3.21. The molecule has 1 heterocycles. The van der Waals surface area contributed by atoms with Crippen molar-refractivity contribution in [1.82, 2.24) is 20.3 Å². The van der Waals surface area contributed by atoms with Crippen molar-refractivity contribution in [2.45, 2.75) is 45.8 Å².